The predicted octanol–water partition coefficient (Wildman–Crippen LogP) is 5.54. The van der Waals surface area contributed by atoms with Gasteiger partial charge in [-0.1, -0.05) is 49.2 Å². The number of benzene rings is 1. The van der Waals surface area contributed by atoms with E-state index in [0.717, 1.165) is 6.54 Å². The molecule has 1 N–H and O–H groups in total. The summed E-state index contributed by atoms with van der Waals surface area (Å²) in [4.78, 5) is 0. The second-order valence-corrected chi connectivity index (χ2v) is 6.51. The van der Waals surface area contributed by atoms with Crippen LogP contribution < -0.4 is 5.32 Å². The lowest BCUT2D eigenvalue weighted by Gasteiger charge is -2.27. The molecule has 0 saturated carbocycles. The van der Waals surface area contributed by atoms with Crippen LogP contribution in [-0.2, 0) is 0 Å². The molecular formula is C17H28BrN. The molecule has 2 heteroatoms. The molecule has 19 heavy (non-hydrogen) atoms. The van der Waals surface area contributed by atoms with Crippen LogP contribution in [0.25, 0.3) is 0 Å². The third-order valence-electron chi connectivity index (χ3n) is 3.81. The third-order valence-corrected chi connectivity index (χ3v) is 4.66. The molecule has 0 fully saturated rings. The van der Waals surface area contributed by atoms with Gasteiger partial charge in [-0.3, -0.25) is 0 Å². The van der Waals surface area contributed by atoms with Crippen molar-refractivity contribution in [3.05, 3.63) is 33.3 Å². The minimum Gasteiger partial charge on any atom is -0.310 e. The lowest BCUT2D eigenvalue weighted by molar-refractivity contribution is 0.362. The van der Waals surface area contributed by atoms with E-state index in [0.29, 0.717) is 12.0 Å². The zero-order valence-electron chi connectivity index (χ0n) is 13.0. The third kappa shape index (κ3) is 4.61. The van der Waals surface area contributed by atoms with Crippen LogP contribution in [0.1, 0.15) is 62.8 Å². The summed E-state index contributed by atoms with van der Waals surface area (Å²) in [7, 11) is 0. The van der Waals surface area contributed by atoms with Gasteiger partial charge in [0, 0.05) is 10.5 Å². The Hall–Kier alpha value is -0.340. The van der Waals surface area contributed by atoms with Crippen LogP contribution in [0.2, 0.25) is 0 Å². The lowest BCUT2D eigenvalue weighted by atomic mass is 9.87. The molecule has 0 heterocycles. The minimum atomic E-state index is 0.478. The molecule has 1 rings (SSSR count). The fourth-order valence-electron chi connectivity index (χ4n) is 2.68. The summed E-state index contributed by atoms with van der Waals surface area (Å²) in [6.07, 6.45) is 3.71. The van der Waals surface area contributed by atoms with Crippen molar-refractivity contribution >= 4 is 15.9 Å². The fourth-order valence-corrected chi connectivity index (χ4v) is 3.14. The van der Waals surface area contributed by atoms with E-state index in [1.165, 1.54) is 40.4 Å². The maximum absolute atomic E-state index is 3.74. The van der Waals surface area contributed by atoms with Crippen molar-refractivity contribution in [1.82, 2.24) is 5.32 Å². The van der Waals surface area contributed by atoms with E-state index in [1.807, 2.05) is 0 Å². The van der Waals surface area contributed by atoms with Gasteiger partial charge in [-0.25, -0.2) is 0 Å². The van der Waals surface area contributed by atoms with Gasteiger partial charge in [0.1, 0.15) is 0 Å². The first kappa shape index (κ1) is 16.7. The molecular weight excluding hydrogens is 298 g/mol. The zero-order chi connectivity index (χ0) is 14.4. The summed E-state index contributed by atoms with van der Waals surface area (Å²) in [6, 6.07) is 5.08. The molecule has 0 aliphatic rings. The zero-order valence-corrected chi connectivity index (χ0v) is 14.6. The second kappa shape index (κ2) is 8.06. The summed E-state index contributed by atoms with van der Waals surface area (Å²) in [5, 5.41) is 3.74. The van der Waals surface area contributed by atoms with Gasteiger partial charge in [0.2, 0.25) is 0 Å². The number of rotatable bonds is 7. The summed E-state index contributed by atoms with van der Waals surface area (Å²) in [5.41, 5.74) is 4.18. The Balaban J connectivity index is 3.05. The van der Waals surface area contributed by atoms with Crippen molar-refractivity contribution in [2.75, 3.05) is 6.54 Å². The molecule has 1 aromatic rings. The molecule has 1 nitrogen and oxygen atoms in total. The molecule has 108 valence electrons. The molecule has 0 bridgehead atoms. The fraction of sp³-hybridized carbons (Fsp3) is 0.647. The largest absolute Gasteiger partial charge is 0.310 e. The number of hydrogen-bond donors (Lipinski definition) is 1. The first-order chi connectivity index (χ1) is 9.01. The number of halogens is 1. The SMILES string of the molecule is CCCNC(c1cc(C)c(Br)cc1C)C(C)CCC. The van der Waals surface area contributed by atoms with Gasteiger partial charge in [-0.05, 0) is 61.9 Å². The molecule has 0 aliphatic heterocycles. The molecule has 0 aromatic heterocycles. The van der Waals surface area contributed by atoms with Crippen LogP contribution in [0.15, 0.2) is 16.6 Å². The molecule has 2 unspecified atom stereocenters. The number of hydrogen-bond acceptors (Lipinski definition) is 1. The molecule has 2 atom stereocenters. The van der Waals surface area contributed by atoms with E-state index in [2.05, 4.69) is 68.0 Å². The number of aryl methyl sites for hydroxylation is 2. The highest BCUT2D eigenvalue weighted by Crippen LogP contribution is 2.31. The Labute approximate surface area is 127 Å². The maximum atomic E-state index is 3.74. The Bertz CT molecular complexity index is 400. The smallest absolute Gasteiger partial charge is 0.0348 e. The first-order valence-electron chi connectivity index (χ1n) is 7.51. The van der Waals surface area contributed by atoms with E-state index >= 15 is 0 Å². The molecule has 0 spiro atoms. The maximum Gasteiger partial charge on any atom is 0.0348 e. The van der Waals surface area contributed by atoms with E-state index in [9.17, 15) is 0 Å². The van der Waals surface area contributed by atoms with Gasteiger partial charge in [-0.15, -0.1) is 0 Å². The van der Waals surface area contributed by atoms with Crippen LogP contribution in [0.4, 0.5) is 0 Å². The van der Waals surface area contributed by atoms with E-state index in [4.69, 9.17) is 0 Å². The van der Waals surface area contributed by atoms with Crippen molar-refractivity contribution in [2.24, 2.45) is 5.92 Å². The standard InChI is InChI=1S/C17H28BrN/c1-6-8-12(3)17(19-9-7-2)15-10-14(5)16(18)11-13(15)4/h10-12,17,19H,6-9H2,1-5H3. The van der Waals surface area contributed by atoms with Crippen LogP contribution in [0.3, 0.4) is 0 Å². The monoisotopic (exact) mass is 325 g/mol. The van der Waals surface area contributed by atoms with E-state index in [-0.39, 0.29) is 0 Å². The van der Waals surface area contributed by atoms with Crippen molar-refractivity contribution < 1.29 is 0 Å². The Kier molecular flexibility index (Phi) is 7.09. The molecule has 0 amide bonds. The molecule has 0 radical (unpaired) electrons. The highest BCUT2D eigenvalue weighted by Gasteiger charge is 2.20. The summed E-state index contributed by atoms with van der Waals surface area (Å²) < 4.78 is 1.21. The van der Waals surface area contributed by atoms with Crippen LogP contribution in [0, 0.1) is 19.8 Å². The average molecular weight is 326 g/mol. The van der Waals surface area contributed by atoms with E-state index in [1.54, 1.807) is 0 Å². The Morgan fingerprint density at radius 2 is 1.79 bits per heavy atom. The molecule has 1 aromatic carbocycles. The Morgan fingerprint density at radius 3 is 2.37 bits per heavy atom. The lowest BCUT2D eigenvalue weighted by Crippen LogP contribution is -2.28. The van der Waals surface area contributed by atoms with Gasteiger partial charge in [0.25, 0.3) is 0 Å². The van der Waals surface area contributed by atoms with Crippen LogP contribution >= 0.6 is 15.9 Å². The number of nitrogens with one attached hydrogen (secondary N) is 1. The van der Waals surface area contributed by atoms with Crippen molar-refractivity contribution in [1.29, 1.82) is 0 Å². The van der Waals surface area contributed by atoms with Gasteiger partial charge in [0.05, 0.1) is 0 Å². The quantitative estimate of drug-likeness (QED) is 0.693. The molecule has 0 aliphatic carbocycles. The van der Waals surface area contributed by atoms with Gasteiger partial charge < -0.3 is 5.32 Å². The van der Waals surface area contributed by atoms with Crippen LogP contribution in [-0.4, -0.2) is 6.54 Å². The summed E-state index contributed by atoms with van der Waals surface area (Å²) >= 11 is 3.63. The van der Waals surface area contributed by atoms with E-state index < -0.39 is 0 Å². The topological polar surface area (TPSA) is 12.0 Å². The van der Waals surface area contributed by atoms with Gasteiger partial charge >= 0.3 is 0 Å². The summed E-state index contributed by atoms with van der Waals surface area (Å²) in [5.74, 6) is 0.677. The second-order valence-electron chi connectivity index (χ2n) is 5.66. The van der Waals surface area contributed by atoms with Gasteiger partial charge in [0.15, 0.2) is 0 Å². The van der Waals surface area contributed by atoms with Gasteiger partial charge in [-0.2, -0.15) is 0 Å². The minimum absolute atomic E-state index is 0.478. The van der Waals surface area contributed by atoms with Crippen molar-refractivity contribution in [3.8, 4) is 0 Å². The highest BCUT2D eigenvalue weighted by molar-refractivity contribution is 9.10. The summed E-state index contributed by atoms with van der Waals surface area (Å²) in [6.45, 7) is 12.4. The normalized spacial score (nSPS) is 14.4. The Morgan fingerprint density at radius 1 is 1.11 bits per heavy atom. The van der Waals surface area contributed by atoms with Crippen molar-refractivity contribution in [3.63, 3.8) is 0 Å². The first-order valence-corrected chi connectivity index (χ1v) is 8.30. The van der Waals surface area contributed by atoms with Crippen molar-refractivity contribution in [2.45, 2.75) is 59.9 Å². The predicted molar refractivity (Wildman–Crippen MR) is 88.7 cm³/mol. The van der Waals surface area contributed by atoms with Crippen LogP contribution in [0.5, 0.6) is 0 Å². The highest BCUT2D eigenvalue weighted by atomic mass is 79.9. The molecule has 0 saturated heterocycles. The average Bonchev–Trinajstić information content (AvgIpc) is 2.36.